The summed E-state index contributed by atoms with van der Waals surface area (Å²) in [4.78, 5) is 12.5. The molecule has 3 rings (SSSR count). The van der Waals surface area contributed by atoms with Crippen LogP contribution < -0.4 is 14.3 Å². The van der Waals surface area contributed by atoms with E-state index >= 15 is 0 Å². The summed E-state index contributed by atoms with van der Waals surface area (Å²) in [7, 11) is -8.16. The number of alkyl halides is 3. The number of hydrogen-bond donors (Lipinski definition) is 2. The molecule has 2 N–H and O–H groups in total. The maximum Gasteiger partial charge on any atom is 0.416 e. The van der Waals surface area contributed by atoms with E-state index in [1.165, 1.54) is 24.3 Å². The zero-order chi connectivity index (χ0) is 28.5. The van der Waals surface area contributed by atoms with Gasteiger partial charge >= 0.3 is 6.18 Å². The highest BCUT2D eigenvalue weighted by atomic mass is 35.5. The van der Waals surface area contributed by atoms with Gasteiger partial charge in [-0.15, -0.1) is 0 Å². The molecular weight excluding hydrogens is 567 g/mol. The molecule has 0 saturated carbocycles. The molecule has 0 atom stereocenters. The van der Waals surface area contributed by atoms with Crippen molar-refractivity contribution in [3.05, 3.63) is 82.4 Å². The smallest absolute Gasteiger partial charge is 0.325 e. The minimum Gasteiger partial charge on any atom is -0.325 e. The molecule has 204 valence electrons. The lowest BCUT2D eigenvalue weighted by Crippen LogP contribution is -2.37. The summed E-state index contributed by atoms with van der Waals surface area (Å²) in [5.74, 6) is -0.896. The minimum atomic E-state index is -4.76. The molecule has 0 heterocycles. The van der Waals surface area contributed by atoms with Crippen molar-refractivity contribution in [2.45, 2.75) is 24.9 Å². The highest BCUT2D eigenvalue weighted by Gasteiger charge is 2.33. The van der Waals surface area contributed by atoms with Gasteiger partial charge in [0, 0.05) is 11.4 Å². The molecule has 0 aliphatic rings. The fourth-order valence-electron chi connectivity index (χ4n) is 3.33. The van der Waals surface area contributed by atoms with Crippen molar-refractivity contribution in [1.82, 2.24) is 0 Å². The number of halogens is 4. The summed E-state index contributed by atoms with van der Waals surface area (Å²) < 4.78 is 92.4. The molecule has 14 heteroatoms. The van der Waals surface area contributed by atoms with Crippen molar-refractivity contribution in [2.75, 3.05) is 27.1 Å². The second-order valence-electron chi connectivity index (χ2n) is 8.41. The first-order chi connectivity index (χ1) is 17.5. The van der Waals surface area contributed by atoms with Crippen LogP contribution in [0.2, 0.25) is 5.02 Å². The molecule has 0 aliphatic heterocycles. The van der Waals surface area contributed by atoms with Gasteiger partial charge in [0.05, 0.1) is 27.4 Å². The Balaban J connectivity index is 1.77. The topological polar surface area (TPSA) is 113 Å². The number of nitrogens with zero attached hydrogens (tertiary/aromatic N) is 1. The molecule has 3 aromatic rings. The molecule has 1 amide bonds. The maximum absolute atomic E-state index is 13.1. The number of nitrogens with one attached hydrogen (secondary N) is 2. The van der Waals surface area contributed by atoms with Crippen LogP contribution in [0.3, 0.4) is 0 Å². The lowest BCUT2D eigenvalue weighted by molar-refractivity contribution is -0.137. The van der Waals surface area contributed by atoms with Gasteiger partial charge in [-0.25, -0.2) is 16.8 Å². The molecule has 38 heavy (non-hydrogen) atoms. The Kier molecular flexibility index (Phi) is 8.34. The maximum atomic E-state index is 13.1. The number of hydrogen-bond acceptors (Lipinski definition) is 5. The second kappa shape index (κ2) is 10.8. The molecule has 0 bridgehead atoms. The van der Waals surface area contributed by atoms with Crippen LogP contribution in [0.25, 0.3) is 0 Å². The third kappa shape index (κ3) is 7.17. The number of amides is 1. The molecule has 0 aliphatic carbocycles. The quantitative estimate of drug-likeness (QED) is 0.376. The van der Waals surface area contributed by atoms with Gasteiger partial charge in [-0.1, -0.05) is 17.7 Å². The second-order valence-corrected chi connectivity index (χ2v) is 12.4. The van der Waals surface area contributed by atoms with Gasteiger partial charge < -0.3 is 5.32 Å². The largest absolute Gasteiger partial charge is 0.416 e. The molecule has 0 saturated heterocycles. The number of rotatable bonds is 8. The number of sulfonamides is 2. The third-order valence-corrected chi connectivity index (χ3v) is 8.28. The van der Waals surface area contributed by atoms with Crippen LogP contribution in [0.4, 0.5) is 30.2 Å². The van der Waals surface area contributed by atoms with Crippen LogP contribution >= 0.6 is 11.6 Å². The number of carbonyl (C=O) groups is 1. The van der Waals surface area contributed by atoms with Gasteiger partial charge in [-0.3, -0.25) is 13.8 Å². The minimum absolute atomic E-state index is 0.0952. The summed E-state index contributed by atoms with van der Waals surface area (Å²) in [5, 5.41) is 2.09. The molecule has 0 fully saturated rings. The van der Waals surface area contributed by atoms with E-state index in [0.29, 0.717) is 22.1 Å². The highest BCUT2D eigenvalue weighted by molar-refractivity contribution is 7.92. The summed E-state index contributed by atoms with van der Waals surface area (Å²) in [6.45, 7) is 2.86. The molecule has 0 spiro atoms. The Morgan fingerprint density at radius 3 is 2.05 bits per heavy atom. The SMILES string of the molecule is Cc1ccc(NS(=O)(=O)c2ccc(NC(=O)CN(c3cc(C(F)(F)F)ccc3Cl)S(C)(=O)=O)cc2)cc1C. The fraction of sp³-hybridized carbons (Fsp3) is 0.208. The van der Waals surface area contributed by atoms with E-state index < -0.39 is 49.9 Å². The van der Waals surface area contributed by atoms with Crippen LogP contribution in [0.5, 0.6) is 0 Å². The van der Waals surface area contributed by atoms with Gasteiger partial charge in [-0.2, -0.15) is 13.2 Å². The summed E-state index contributed by atoms with van der Waals surface area (Å²) in [6.07, 6.45) is -4.04. The normalized spacial score (nSPS) is 12.2. The van der Waals surface area contributed by atoms with E-state index in [0.717, 1.165) is 23.4 Å². The average molecular weight is 590 g/mol. The van der Waals surface area contributed by atoms with E-state index in [1.807, 2.05) is 13.8 Å². The number of benzene rings is 3. The fourth-order valence-corrected chi connectivity index (χ4v) is 5.51. The lowest BCUT2D eigenvalue weighted by Gasteiger charge is -2.24. The first-order valence-corrected chi connectivity index (χ1v) is 14.5. The third-order valence-electron chi connectivity index (χ3n) is 5.44. The summed E-state index contributed by atoms with van der Waals surface area (Å²) in [5.41, 5.74) is 0.745. The van der Waals surface area contributed by atoms with Crippen LogP contribution in [0, 0.1) is 13.8 Å². The molecule has 0 aromatic heterocycles. The van der Waals surface area contributed by atoms with Gasteiger partial charge in [0.1, 0.15) is 6.54 Å². The first-order valence-electron chi connectivity index (χ1n) is 10.8. The summed E-state index contributed by atoms with van der Waals surface area (Å²) >= 11 is 5.96. The van der Waals surface area contributed by atoms with Crippen LogP contribution in [0.15, 0.2) is 65.6 Å². The van der Waals surface area contributed by atoms with Gasteiger partial charge in [-0.05, 0) is 79.6 Å². The molecule has 8 nitrogen and oxygen atoms in total. The van der Waals surface area contributed by atoms with Crippen molar-refractivity contribution in [2.24, 2.45) is 0 Å². The molecular formula is C24H23ClF3N3O5S2. The molecule has 0 unspecified atom stereocenters. The van der Waals surface area contributed by atoms with Crippen molar-refractivity contribution in [1.29, 1.82) is 0 Å². The number of aryl methyl sites for hydroxylation is 2. The molecule has 0 radical (unpaired) electrons. The predicted octanol–water partition coefficient (Wildman–Crippen LogP) is 5.18. The first kappa shape index (κ1) is 29.3. The Morgan fingerprint density at radius 1 is 0.895 bits per heavy atom. The Morgan fingerprint density at radius 2 is 1.50 bits per heavy atom. The van der Waals surface area contributed by atoms with Gasteiger partial charge in [0.25, 0.3) is 10.0 Å². The van der Waals surface area contributed by atoms with Crippen LogP contribution in [0.1, 0.15) is 16.7 Å². The standard InChI is InChI=1S/C24H23ClF3N3O5S2/c1-15-4-6-19(12-16(15)2)30-38(35,36)20-9-7-18(8-10-20)29-23(32)14-31(37(3,33)34)22-13-17(24(26,27)28)5-11-21(22)25/h4-13,30H,14H2,1-3H3,(H,29,32). The Bertz CT molecular complexity index is 1580. The van der Waals surface area contributed by atoms with Gasteiger partial charge in [0.15, 0.2) is 0 Å². The van der Waals surface area contributed by atoms with Crippen molar-refractivity contribution < 1.29 is 34.8 Å². The zero-order valence-corrected chi connectivity index (χ0v) is 22.7. The lowest BCUT2D eigenvalue weighted by atomic mass is 10.1. The highest BCUT2D eigenvalue weighted by Crippen LogP contribution is 2.36. The predicted molar refractivity (Wildman–Crippen MR) is 140 cm³/mol. The Labute approximate surface area is 223 Å². The van der Waals surface area contributed by atoms with Crippen molar-refractivity contribution in [3.8, 4) is 0 Å². The van der Waals surface area contributed by atoms with E-state index in [-0.39, 0.29) is 15.6 Å². The number of anilines is 3. The van der Waals surface area contributed by atoms with Crippen molar-refractivity contribution >= 4 is 54.6 Å². The van der Waals surface area contributed by atoms with Crippen LogP contribution in [-0.2, 0) is 31.0 Å². The Hall–Kier alpha value is -3.29. The van der Waals surface area contributed by atoms with Crippen molar-refractivity contribution in [3.63, 3.8) is 0 Å². The zero-order valence-electron chi connectivity index (χ0n) is 20.3. The summed E-state index contributed by atoms with van der Waals surface area (Å²) in [6, 6.07) is 12.2. The molecule has 3 aromatic carbocycles. The monoisotopic (exact) mass is 589 g/mol. The van der Waals surface area contributed by atoms with E-state index in [1.54, 1.807) is 18.2 Å². The van der Waals surface area contributed by atoms with E-state index in [9.17, 15) is 34.8 Å². The van der Waals surface area contributed by atoms with Gasteiger partial charge in [0.2, 0.25) is 15.9 Å². The van der Waals surface area contributed by atoms with E-state index in [2.05, 4.69) is 10.0 Å². The average Bonchev–Trinajstić information content (AvgIpc) is 2.79. The van der Waals surface area contributed by atoms with E-state index in [4.69, 9.17) is 11.6 Å². The van der Waals surface area contributed by atoms with Crippen LogP contribution in [-0.4, -0.2) is 35.5 Å². The number of carbonyl (C=O) groups excluding carboxylic acids is 1.